The Morgan fingerprint density at radius 1 is 1.17 bits per heavy atom. The van der Waals surface area contributed by atoms with Crippen LogP contribution in [0.15, 0.2) is 30.3 Å². The molecule has 0 atom stereocenters. The van der Waals surface area contributed by atoms with E-state index in [4.69, 9.17) is 11.6 Å². The molecule has 3 nitrogen and oxygen atoms in total. The summed E-state index contributed by atoms with van der Waals surface area (Å²) in [5.41, 5.74) is 1.78. The summed E-state index contributed by atoms with van der Waals surface area (Å²) in [5.74, 6) is 1.90. The van der Waals surface area contributed by atoms with Crippen molar-refractivity contribution in [2.75, 3.05) is 12.4 Å². The molecule has 0 bridgehead atoms. The van der Waals surface area contributed by atoms with E-state index >= 15 is 0 Å². The Morgan fingerprint density at radius 2 is 1.89 bits per heavy atom. The van der Waals surface area contributed by atoms with Crippen molar-refractivity contribution in [3.63, 3.8) is 0 Å². The second-order valence-corrected chi connectivity index (χ2v) is 4.79. The average Bonchev–Trinajstić information content (AvgIpc) is 2.38. The maximum absolute atomic E-state index is 6.21. The topological polar surface area (TPSA) is 37.8 Å². The van der Waals surface area contributed by atoms with Gasteiger partial charge in [0.1, 0.15) is 11.6 Å². The molecule has 4 heteroatoms. The lowest BCUT2D eigenvalue weighted by atomic mass is 10.1. The Balaban J connectivity index is 2.57. The molecule has 0 saturated carbocycles. The number of rotatable bonds is 3. The normalized spacial score (nSPS) is 10.7. The minimum Gasteiger partial charge on any atom is -0.373 e. The van der Waals surface area contributed by atoms with Crippen LogP contribution in [0.4, 0.5) is 5.82 Å². The van der Waals surface area contributed by atoms with E-state index in [1.54, 1.807) is 0 Å². The standard InChI is InChI=1S/C14H16ClN3/c1-9(2)14-17-12(8-13(16-3)18-14)10-6-4-5-7-11(10)15/h4-9H,1-3H3,(H,16,17,18). The highest BCUT2D eigenvalue weighted by Gasteiger charge is 2.10. The Morgan fingerprint density at radius 3 is 2.50 bits per heavy atom. The third kappa shape index (κ3) is 2.62. The van der Waals surface area contributed by atoms with Gasteiger partial charge in [-0.2, -0.15) is 0 Å². The average molecular weight is 262 g/mol. The molecule has 1 N–H and O–H groups in total. The first-order valence-electron chi connectivity index (χ1n) is 5.93. The first-order chi connectivity index (χ1) is 8.61. The molecule has 0 unspecified atom stereocenters. The van der Waals surface area contributed by atoms with Crippen LogP contribution in [0.2, 0.25) is 5.02 Å². The first kappa shape index (κ1) is 12.8. The van der Waals surface area contributed by atoms with Crippen LogP contribution < -0.4 is 5.32 Å². The number of benzene rings is 1. The molecule has 0 aliphatic rings. The summed E-state index contributed by atoms with van der Waals surface area (Å²) in [6.07, 6.45) is 0. The van der Waals surface area contributed by atoms with E-state index in [0.29, 0.717) is 5.02 Å². The molecule has 0 radical (unpaired) electrons. The van der Waals surface area contributed by atoms with Gasteiger partial charge >= 0.3 is 0 Å². The largest absolute Gasteiger partial charge is 0.373 e. The van der Waals surface area contributed by atoms with Crippen LogP contribution in [-0.2, 0) is 0 Å². The van der Waals surface area contributed by atoms with Crippen molar-refractivity contribution in [3.05, 3.63) is 41.2 Å². The zero-order valence-electron chi connectivity index (χ0n) is 10.7. The van der Waals surface area contributed by atoms with Gasteiger partial charge in [0.2, 0.25) is 0 Å². The number of aromatic nitrogens is 2. The SMILES string of the molecule is CNc1cc(-c2ccccc2Cl)nc(C(C)C)n1. The lowest BCUT2D eigenvalue weighted by molar-refractivity contribution is 0.777. The number of nitrogens with zero attached hydrogens (tertiary/aromatic N) is 2. The Bertz CT molecular complexity index is 552. The minimum absolute atomic E-state index is 0.277. The van der Waals surface area contributed by atoms with Gasteiger partial charge in [0.05, 0.1) is 5.69 Å². The Kier molecular flexibility index (Phi) is 3.82. The summed E-state index contributed by atoms with van der Waals surface area (Å²) in [4.78, 5) is 9.02. The van der Waals surface area contributed by atoms with Crippen LogP contribution in [-0.4, -0.2) is 17.0 Å². The van der Waals surface area contributed by atoms with Crippen molar-refractivity contribution in [1.29, 1.82) is 0 Å². The molecule has 2 aromatic rings. The zero-order valence-corrected chi connectivity index (χ0v) is 11.5. The monoisotopic (exact) mass is 261 g/mol. The smallest absolute Gasteiger partial charge is 0.133 e. The summed E-state index contributed by atoms with van der Waals surface area (Å²) in [5, 5.41) is 3.76. The summed E-state index contributed by atoms with van der Waals surface area (Å²) >= 11 is 6.21. The van der Waals surface area contributed by atoms with Gasteiger partial charge in [0.25, 0.3) is 0 Å². The van der Waals surface area contributed by atoms with Gasteiger partial charge in [-0.25, -0.2) is 9.97 Å². The van der Waals surface area contributed by atoms with Crippen LogP contribution in [0.1, 0.15) is 25.6 Å². The summed E-state index contributed by atoms with van der Waals surface area (Å²) in [7, 11) is 1.85. The van der Waals surface area contributed by atoms with E-state index < -0.39 is 0 Å². The molecule has 1 aromatic heterocycles. The maximum Gasteiger partial charge on any atom is 0.133 e. The first-order valence-corrected chi connectivity index (χ1v) is 6.31. The van der Waals surface area contributed by atoms with Crippen LogP contribution in [0.3, 0.4) is 0 Å². The third-order valence-corrected chi connectivity index (χ3v) is 3.00. The van der Waals surface area contributed by atoms with E-state index in [0.717, 1.165) is 22.9 Å². The number of hydrogen-bond acceptors (Lipinski definition) is 3. The van der Waals surface area contributed by atoms with Gasteiger partial charge in [0, 0.05) is 29.6 Å². The Labute approximate surface area is 112 Å². The highest BCUT2D eigenvalue weighted by atomic mass is 35.5. The van der Waals surface area contributed by atoms with E-state index in [1.807, 2.05) is 37.4 Å². The predicted octanol–water partition coefficient (Wildman–Crippen LogP) is 3.96. The molecule has 0 fully saturated rings. The lowest BCUT2D eigenvalue weighted by Crippen LogP contribution is -2.03. The number of anilines is 1. The fourth-order valence-corrected chi connectivity index (χ4v) is 1.89. The van der Waals surface area contributed by atoms with Crippen LogP contribution in [0.25, 0.3) is 11.3 Å². The number of hydrogen-bond donors (Lipinski definition) is 1. The number of halogens is 1. The highest BCUT2D eigenvalue weighted by Crippen LogP contribution is 2.28. The van der Waals surface area contributed by atoms with Gasteiger partial charge < -0.3 is 5.32 Å². The summed E-state index contributed by atoms with van der Waals surface area (Å²) in [6.45, 7) is 4.15. The molecular formula is C14H16ClN3. The van der Waals surface area contributed by atoms with Crippen LogP contribution in [0.5, 0.6) is 0 Å². The lowest BCUT2D eigenvalue weighted by Gasteiger charge is -2.10. The maximum atomic E-state index is 6.21. The molecule has 1 aromatic carbocycles. The minimum atomic E-state index is 0.277. The van der Waals surface area contributed by atoms with E-state index in [-0.39, 0.29) is 5.92 Å². The molecule has 94 valence electrons. The van der Waals surface area contributed by atoms with Crippen LogP contribution in [0, 0.1) is 0 Å². The summed E-state index contributed by atoms with van der Waals surface area (Å²) in [6, 6.07) is 9.61. The quantitative estimate of drug-likeness (QED) is 0.909. The van der Waals surface area contributed by atoms with Crippen molar-refractivity contribution in [2.45, 2.75) is 19.8 Å². The van der Waals surface area contributed by atoms with E-state index in [2.05, 4.69) is 29.1 Å². The second-order valence-electron chi connectivity index (χ2n) is 4.38. The summed E-state index contributed by atoms with van der Waals surface area (Å²) < 4.78 is 0. The van der Waals surface area contributed by atoms with E-state index in [9.17, 15) is 0 Å². The highest BCUT2D eigenvalue weighted by molar-refractivity contribution is 6.33. The van der Waals surface area contributed by atoms with E-state index in [1.165, 1.54) is 0 Å². The number of nitrogens with one attached hydrogen (secondary N) is 1. The van der Waals surface area contributed by atoms with Gasteiger partial charge in [0.15, 0.2) is 0 Å². The van der Waals surface area contributed by atoms with Gasteiger partial charge in [-0.1, -0.05) is 43.6 Å². The van der Waals surface area contributed by atoms with Crippen molar-refractivity contribution in [2.24, 2.45) is 0 Å². The molecule has 0 amide bonds. The molecule has 2 rings (SSSR count). The second kappa shape index (κ2) is 5.36. The molecular weight excluding hydrogens is 246 g/mol. The van der Waals surface area contributed by atoms with Crippen molar-refractivity contribution >= 4 is 17.4 Å². The van der Waals surface area contributed by atoms with Crippen molar-refractivity contribution in [1.82, 2.24) is 9.97 Å². The predicted molar refractivity (Wildman–Crippen MR) is 76.1 cm³/mol. The van der Waals surface area contributed by atoms with Gasteiger partial charge in [-0.15, -0.1) is 0 Å². The molecule has 18 heavy (non-hydrogen) atoms. The molecule has 0 aliphatic carbocycles. The third-order valence-electron chi connectivity index (χ3n) is 2.67. The molecule has 0 saturated heterocycles. The van der Waals surface area contributed by atoms with Crippen LogP contribution >= 0.6 is 11.6 Å². The van der Waals surface area contributed by atoms with Crippen molar-refractivity contribution < 1.29 is 0 Å². The van der Waals surface area contributed by atoms with Gasteiger partial charge in [-0.05, 0) is 6.07 Å². The molecule has 0 spiro atoms. The fourth-order valence-electron chi connectivity index (χ4n) is 1.66. The fraction of sp³-hybridized carbons (Fsp3) is 0.286. The zero-order chi connectivity index (χ0) is 13.1. The van der Waals surface area contributed by atoms with Gasteiger partial charge in [-0.3, -0.25) is 0 Å². The molecule has 1 heterocycles. The van der Waals surface area contributed by atoms with Crippen molar-refractivity contribution in [3.8, 4) is 11.3 Å². The molecule has 0 aliphatic heterocycles. The Hall–Kier alpha value is -1.61.